The van der Waals surface area contributed by atoms with E-state index in [4.69, 9.17) is 0 Å². The molecule has 0 radical (unpaired) electrons. The van der Waals surface area contributed by atoms with E-state index in [2.05, 4.69) is 12.2 Å². The monoisotopic (exact) mass is 338 g/mol. The molecule has 0 saturated carbocycles. The molecule has 0 aliphatic carbocycles. The first-order chi connectivity index (χ1) is 12.1. The Hall–Kier alpha value is -2.62. The van der Waals surface area contributed by atoms with Crippen LogP contribution >= 0.6 is 0 Å². The van der Waals surface area contributed by atoms with Crippen LogP contribution in [0.25, 0.3) is 0 Å². The van der Waals surface area contributed by atoms with Gasteiger partial charge in [-0.3, -0.25) is 9.59 Å². The third-order valence-electron chi connectivity index (χ3n) is 4.22. The van der Waals surface area contributed by atoms with Crippen LogP contribution < -0.4 is 5.32 Å². The van der Waals surface area contributed by atoms with E-state index in [0.717, 1.165) is 24.9 Å². The van der Waals surface area contributed by atoms with Crippen molar-refractivity contribution in [2.45, 2.75) is 33.6 Å². The third-order valence-corrected chi connectivity index (χ3v) is 4.22. The number of anilines is 1. The van der Waals surface area contributed by atoms with E-state index < -0.39 is 0 Å². The number of carbonyl (C=O) groups is 2. The number of hydrogen-bond donors (Lipinski definition) is 1. The first kappa shape index (κ1) is 18.7. The first-order valence-electron chi connectivity index (χ1n) is 8.83. The molecule has 2 aromatic rings. The Bertz CT molecular complexity index is 726. The predicted molar refractivity (Wildman–Crippen MR) is 102 cm³/mol. The largest absolute Gasteiger partial charge is 0.339 e. The van der Waals surface area contributed by atoms with Crippen molar-refractivity contribution in [3.63, 3.8) is 0 Å². The Morgan fingerprint density at radius 1 is 1.00 bits per heavy atom. The van der Waals surface area contributed by atoms with Crippen molar-refractivity contribution in [3.05, 3.63) is 65.2 Å². The van der Waals surface area contributed by atoms with E-state index >= 15 is 0 Å². The van der Waals surface area contributed by atoms with Crippen molar-refractivity contribution in [2.24, 2.45) is 0 Å². The van der Waals surface area contributed by atoms with Crippen LogP contribution in [0.4, 0.5) is 5.69 Å². The number of rotatable bonds is 7. The highest BCUT2D eigenvalue weighted by Crippen LogP contribution is 2.19. The summed E-state index contributed by atoms with van der Waals surface area (Å²) in [6.45, 7) is 7.45. The maximum Gasteiger partial charge on any atom is 0.255 e. The molecule has 0 bridgehead atoms. The summed E-state index contributed by atoms with van der Waals surface area (Å²) in [5.74, 6) is -0.169. The molecule has 132 valence electrons. The average Bonchev–Trinajstić information content (AvgIpc) is 2.64. The van der Waals surface area contributed by atoms with Crippen molar-refractivity contribution >= 4 is 17.5 Å². The number of benzene rings is 2. The minimum Gasteiger partial charge on any atom is -0.339 e. The molecule has 0 aliphatic heterocycles. The summed E-state index contributed by atoms with van der Waals surface area (Å²) >= 11 is 0. The standard InChI is InChI=1S/C21H26N2O2/c1-4-6-14-23(5-2)21(25)18-13-12-16(3)19(15-18)22-20(24)17-10-8-7-9-11-17/h7-13,15H,4-6,14H2,1-3H3,(H,22,24). The van der Waals surface area contributed by atoms with Crippen LogP contribution in [0.5, 0.6) is 0 Å². The SMILES string of the molecule is CCCCN(CC)C(=O)c1ccc(C)c(NC(=O)c2ccccc2)c1. The summed E-state index contributed by atoms with van der Waals surface area (Å²) in [5, 5.41) is 2.91. The van der Waals surface area contributed by atoms with Crippen LogP contribution in [-0.2, 0) is 0 Å². The Kier molecular flexibility index (Phi) is 6.75. The summed E-state index contributed by atoms with van der Waals surface area (Å²) in [6, 6.07) is 14.5. The van der Waals surface area contributed by atoms with Crippen LogP contribution in [0, 0.1) is 6.92 Å². The van der Waals surface area contributed by atoms with Gasteiger partial charge in [-0.25, -0.2) is 0 Å². The molecule has 0 spiro atoms. The van der Waals surface area contributed by atoms with Crippen LogP contribution in [0.2, 0.25) is 0 Å². The van der Waals surface area contributed by atoms with Gasteiger partial charge in [-0.15, -0.1) is 0 Å². The zero-order valence-corrected chi connectivity index (χ0v) is 15.2. The van der Waals surface area contributed by atoms with Gasteiger partial charge >= 0.3 is 0 Å². The fourth-order valence-corrected chi connectivity index (χ4v) is 2.61. The van der Waals surface area contributed by atoms with Gasteiger partial charge in [0, 0.05) is 29.9 Å². The van der Waals surface area contributed by atoms with Crippen molar-refractivity contribution in [2.75, 3.05) is 18.4 Å². The molecule has 2 aromatic carbocycles. The number of nitrogens with one attached hydrogen (secondary N) is 1. The van der Waals surface area contributed by atoms with Gasteiger partial charge in [0.1, 0.15) is 0 Å². The second-order valence-corrected chi connectivity index (χ2v) is 6.09. The minimum atomic E-state index is -0.174. The number of aryl methyl sites for hydroxylation is 1. The maximum atomic E-state index is 12.7. The molecular formula is C21H26N2O2. The van der Waals surface area contributed by atoms with Crippen molar-refractivity contribution in [1.82, 2.24) is 4.90 Å². The van der Waals surface area contributed by atoms with E-state index in [9.17, 15) is 9.59 Å². The highest BCUT2D eigenvalue weighted by Gasteiger charge is 2.16. The summed E-state index contributed by atoms with van der Waals surface area (Å²) < 4.78 is 0. The van der Waals surface area contributed by atoms with Crippen LogP contribution in [0.3, 0.4) is 0 Å². The molecule has 0 atom stereocenters. The second kappa shape index (κ2) is 9.02. The van der Waals surface area contributed by atoms with Crippen molar-refractivity contribution in [1.29, 1.82) is 0 Å². The van der Waals surface area contributed by atoms with Gasteiger partial charge in [0.25, 0.3) is 11.8 Å². The Morgan fingerprint density at radius 2 is 1.72 bits per heavy atom. The number of amides is 2. The second-order valence-electron chi connectivity index (χ2n) is 6.09. The molecule has 4 nitrogen and oxygen atoms in total. The lowest BCUT2D eigenvalue weighted by Crippen LogP contribution is -2.31. The minimum absolute atomic E-state index is 0.00570. The number of carbonyl (C=O) groups excluding carboxylic acids is 2. The molecule has 0 saturated heterocycles. The van der Waals surface area contributed by atoms with Crippen LogP contribution in [0.15, 0.2) is 48.5 Å². The molecule has 1 N–H and O–H groups in total. The lowest BCUT2D eigenvalue weighted by atomic mass is 10.1. The van der Waals surface area contributed by atoms with Gasteiger partial charge in [0.15, 0.2) is 0 Å². The predicted octanol–water partition coefficient (Wildman–Crippen LogP) is 4.51. The third kappa shape index (κ3) is 4.92. The van der Waals surface area contributed by atoms with Crippen molar-refractivity contribution < 1.29 is 9.59 Å². The summed E-state index contributed by atoms with van der Waals surface area (Å²) in [6.07, 6.45) is 2.04. The van der Waals surface area contributed by atoms with E-state index in [1.165, 1.54) is 0 Å². The zero-order valence-electron chi connectivity index (χ0n) is 15.2. The fraction of sp³-hybridized carbons (Fsp3) is 0.333. The molecular weight excluding hydrogens is 312 g/mol. The van der Waals surface area contributed by atoms with Crippen LogP contribution in [0.1, 0.15) is 53.0 Å². The van der Waals surface area contributed by atoms with Gasteiger partial charge in [0.2, 0.25) is 0 Å². The first-order valence-corrected chi connectivity index (χ1v) is 8.83. The smallest absolute Gasteiger partial charge is 0.255 e. The topological polar surface area (TPSA) is 49.4 Å². The number of hydrogen-bond acceptors (Lipinski definition) is 2. The number of unbranched alkanes of at least 4 members (excludes halogenated alkanes) is 1. The lowest BCUT2D eigenvalue weighted by Gasteiger charge is -2.21. The highest BCUT2D eigenvalue weighted by molar-refractivity contribution is 6.05. The molecule has 2 rings (SSSR count). The highest BCUT2D eigenvalue weighted by atomic mass is 16.2. The molecule has 0 heterocycles. The quantitative estimate of drug-likeness (QED) is 0.807. The Labute approximate surface area is 149 Å². The Balaban J connectivity index is 2.19. The molecule has 0 aromatic heterocycles. The van der Waals surface area contributed by atoms with Gasteiger partial charge in [0.05, 0.1) is 0 Å². The molecule has 0 unspecified atom stereocenters. The molecule has 2 amide bonds. The van der Waals surface area contributed by atoms with Crippen molar-refractivity contribution in [3.8, 4) is 0 Å². The molecule has 0 fully saturated rings. The summed E-state index contributed by atoms with van der Waals surface area (Å²) in [4.78, 5) is 26.9. The van der Waals surface area contributed by atoms with E-state index in [1.54, 1.807) is 18.2 Å². The fourth-order valence-electron chi connectivity index (χ4n) is 2.61. The van der Waals surface area contributed by atoms with Gasteiger partial charge in [-0.1, -0.05) is 37.6 Å². The summed E-state index contributed by atoms with van der Waals surface area (Å²) in [7, 11) is 0. The zero-order chi connectivity index (χ0) is 18.2. The average molecular weight is 338 g/mol. The summed E-state index contributed by atoms with van der Waals surface area (Å²) in [5.41, 5.74) is 2.80. The van der Waals surface area contributed by atoms with Gasteiger partial charge < -0.3 is 10.2 Å². The van der Waals surface area contributed by atoms with E-state index in [0.29, 0.717) is 23.4 Å². The lowest BCUT2D eigenvalue weighted by molar-refractivity contribution is 0.0762. The van der Waals surface area contributed by atoms with Gasteiger partial charge in [-0.2, -0.15) is 0 Å². The molecule has 0 aliphatic rings. The molecule has 4 heteroatoms. The van der Waals surface area contributed by atoms with Gasteiger partial charge in [-0.05, 0) is 50.1 Å². The van der Waals surface area contributed by atoms with Crippen LogP contribution in [-0.4, -0.2) is 29.8 Å². The maximum absolute atomic E-state index is 12.7. The molecule has 25 heavy (non-hydrogen) atoms. The Morgan fingerprint density at radius 3 is 2.36 bits per heavy atom. The van der Waals surface area contributed by atoms with E-state index in [1.807, 2.05) is 49.1 Å². The normalized spacial score (nSPS) is 10.4. The van der Waals surface area contributed by atoms with E-state index in [-0.39, 0.29) is 11.8 Å². The number of nitrogens with zero attached hydrogens (tertiary/aromatic N) is 1.